The van der Waals surface area contributed by atoms with E-state index in [4.69, 9.17) is 4.74 Å². The molecule has 1 saturated heterocycles. The number of carbonyl (C=O) groups excluding carboxylic acids is 1. The normalized spacial score (nSPS) is 19.1. The molecule has 0 bridgehead atoms. The first-order chi connectivity index (χ1) is 10.7. The fraction of sp³-hybridized carbons (Fsp3) is 0.688. The van der Waals surface area contributed by atoms with Gasteiger partial charge in [0.05, 0.1) is 17.4 Å². The van der Waals surface area contributed by atoms with Gasteiger partial charge < -0.3 is 9.30 Å². The van der Waals surface area contributed by atoms with Crippen LogP contribution < -0.4 is 4.72 Å². The number of amides is 1. The summed E-state index contributed by atoms with van der Waals surface area (Å²) in [5.74, 6) is -0.734. The van der Waals surface area contributed by atoms with Crippen molar-refractivity contribution in [2.45, 2.75) is 59.1 Å². The van der Waals surface area contributed by atoms with Crippen LogP contribution in [-0.4, -0.2) is 37.4 Å². The molecule has 2 heterocycles. The zero-order chi connectivity index (χ0) is 17.2. The molecule has 0 saturated carbocycles. The molecule has 0 radical (unpaired) electrons. The van der Waals surface area contributed by atoms with Gasteiger partial charge in [-0.05, 0) is 53.0 Å². The van der Waals surface area contributed by atoms with Crippen molar-refractivity contribution in [2.75, 3.05) is 12.4 Å². The van der Waals surface area contributed by atoms with E-state index in [1.54, 1.807) is 6.07 Å². The van der Waals surface area contributed by atoms with Crippen molar-refractivity contribution in [2.24, 2.45) is 0 Å². The van der Waals surface area contributed by atoms with Crippen LogP contribution in [0.5, 0.6) is 0 Å². The summed E-state index contributed by atoms with van der Waals surface area (Å²) in [6, 6.07) is 1.95. The summed E-state index contributed by atoms with van der Waals surface area (Å²) in [4.78, 5) is 12.4. The van der Waals surface area contributed by atoms with E-state index in [9.17, 15) is 13.2 Å². The fourth-order valence-corrected chi connectivity index (χ4v) is 4.45. The molecule has 1 aromatic heterocycles. The monoisotopic (exact) mass is 342 g/mol. The summed E-state index contributed by atoms with van der Waals surface area (Å²) < 4.78 is 34.0. The van der Waals surface area contributed by atoms with Gasteiger partial charge in [-0.25, -0.2) is 13.1 Å². The van der Waals surface area contributed by atoms with Gasteiger partial charge >= 0.3 is 0 Å². The molecule has 0 spiro atoms. The van der Waals surface area contributed by atoms with E-state index in [0.717, 1.165) is 30.7 Å². The third-order valence-corrected chi connectivity index (χ3v) is 5.48. The lowest BCUT2D eigenvalue weighted by Crippen LogP contribution is -2.38. The molecule has 130 valence electrons. The van der Waals surface area contributed by atoms with Gasteiger partial charge in [0.1, 0.15) is 0 Å². The number of hydrogen-bond donors (Lipinski definition) is 1. The highest BCUT2D eigenvalue weighted by atomic mass is 32.2. The minimum atomic E-state index is -3.70. The van der Waals surface area contributed by atoms with E-state index >= 15 is 0 Å². The van der Waals surface area contributed by atoms with E-state index in [1.807, 2.05) is 32.3 Å². The first-order valence-electron chi connectivity index (χ1n) is 8.06. The molecule has 0 aliphatic carbocycles. The van der Waals surface area contributed by atoms with E-state index in [0.29, 0.717) is 12.2 Å². The average Bonchev–Trinajstić information content (AvgIpc) is 2.74. The van der Waals surface area contributed by atoms with E-state index < -0.39 is 15.9 Å². The second-order valence-electron chi connectivity index (χ2n) is 6.45. The number of carbonyl (C=O) groups is 1. The van der Waals surface area contributed by atoms with Crippen LogP contribution in [0.4, 0.5) is 0 Å². The number of ether oxygens (including phenoxy) is 1. The summed E-state index contributed by atoms with van der Waals surface area (Å²) in [5, 5.41) is 0. The third kappa shape index (κ3) is 4.35. The van der Waals surface area contributed by atoms with Gasteiger partial charge in [-0.15, -0.1) is 0 Å². The third-order valence-electron chi connectivity index (χ3n) is 4.17. The Morgan fingerprint density at radius 2 is 2.09 bits per heavy atom. The van der Waals surface area contributed by atoms with Crippen LogP contribution in [0.2, 0.25) is 0 Å². The molecule has 1 aliphatic rings. The maximum Gasteiger partial charge on any atom is 0.266 e. The molecule has 1 atom stereocenters. The quantitative estimate of drug-likeness (QED) is 0.891. The van der Waals surface area contributed by atoms with Crippen LogP contribution in [0, 0.1) is 13.8 Å². The molecule has 0 aromatic carbocycles. The van der Waals surface area contributed by atoms with Crippen LogP contribution >= 0.6 is 0 Å². The average molecular weight is 342 g/mol. The van der Waals surface area contributed by atoms with E-state index in [1.165, 1.54) is 0 Å². The SMILES string of the molecule is Cc1cc(C(=O)NS(=O)(=O)C[C@@H]2CCCCO2)c(C)n1C(C)C. The van der Waals surface area contributed by atoms with Crippen molar-refractivity contribution in [1.82, 2.24) is 9.29 Å². The molecular weight excluding hydrogens is 316 g/mol. The van der Waals surface area contributed by atoms with Crippen LogP contribution in [0.15, 0.2) is 6.07 Å². The molecule has 1 fully saturated rings. The standard InChI is InChI=1S/C16H26N2O4S/c1-11(2)18-12(3)9-15(13(18)4)16(19)17-23(20,21)10-14-7-5-6-8-22-14/h9,11,14H,5-8,10H2,1-4H3,(H,17,19)/t14-/m0/s1. The van der Waals surface area contributed by atoms with Gasteiger partial charge in [0.15, 0.2) is 0 Å². The Kier molecular flexibility index (Phi) is 5.52. The molecule has 23 heavy (non-hydrogen) atoms. The maximum atomic E-state index is 12.4. The highest BCUT2D eigenvalue weighted by molar-refractivity contribution is 7.90. The summed E-state index contributed by atoms with van der Waals surface area (Å²) in [6.45, 7) is 8.38. The number of rotatable bonds is 5. The minimum Gasteiger partial charge on any atom is -0.377 e. The molecule has 0 unspecified atom stereocenters. The van der Waals surface area contributed by atoms with Gasteiger partial charge in [-0.3, -0.25) is 4.79 Å². The van der Waals surface area contributed by atoms with Crippen molar-refractivity contribution >= 4 is 15.9 Å². The van der Waals surface area contributed by atoms with Gasteiger partial charge in [0.25, 0.3) is 5.91 Å². The van der Waals surface area contributed by atoms with Gasteiger partial charge in [0.2, 0.25) is 10.0 Å². The fourth-order valence-electron chi connectivity index (χ4n) is 3.22. The lowest BCUT2D eigenvalue weighted by molar-refractivity contribution is 0.0304. The lowest BCUT2D eigenvalue weighted by atomic mass is 10.1. The Bertz CT molecular complexity index is 670. The predicted molar refractivity (Wildman–Crippen MR) is 89.1 cm³/mol. The molecule has 1 N–H and O–H groups in total. The molecule has 1 aromatic rings. The highest BCUT2D eigenvalue weighted by Gasteiger charge is 2.26. The van der Waals surface area contributed by atoms with Gasteiger partial charge in [0, 0.05) is 24.0 Å². The molecular formula is C16H26N2O4S. The largest absolute Gasteiger partial charge is 0.377 e. The van der Waals surface area contributed by atoms with Crippen molar-refractivity contribution in [1.29, 1.82) is 0 Å². The minimum absolute atomic E-state index is 0.165. The highest BCUT2D eigenvalue weighted by Crippen LogP contribution is 2.20. The maximum absolute atomic E-state index is 12.4. The molecule has 1 amide bonds. The van der Waals surface area contributed by atoms with Crippen molar-refractivity contribution in [3.8, 4) is 0 Å². The first-order valence-corrected chi connectivity index (χ1v) is 9.71. The second kappa shape index (κ2) is 7.05. The van der Waals surface area contributed by atoms with E-state index in [2.05, 4.69) is 4.72 Å². The molecule has 6 nitrogen and oxygen atoms in total. The zero-order valence-corrected chi connectivity index (χ0v) is 15.1. The summed E-state index contributed by atoms with van der Waals surface area (Å²) in [6.07, 6.45) is 2.32. The number of sulfonamides is 1. The Balaban J connectivity index is 2.10. The second-order valence-corrected chi connectivity index (χ2v) is 8.22. The van der Waals surface area contributed by atoms with Crippen molar-refractivity contribution in [3.05, 3.63) is 23.0 Å². The molecule has 7 heteroatoms. The summed E-state index contributed by atoms with van der Waals surface area (Å²) in [7, 11) is -3.70. The Morgan fingerprint density at radius 1 is 1.39 bits per heavy atom. The summed E-state index contributed by atoms with van der Waals surface area (Å²) in [5.41, 5.74) is 2.12. The first kappa shape index (κ1) is 18.0. The Hall–Kier alpha value is -1.34. The summed E-state index contributed by atoms with van der Waals surface area (Å²) >= 11 is 0. The van der Waals surface area contributed by atoms with Crippen molar-refractivity contribution in [3.63, 3.8) is 0 Å². The Labute approximate surface area is 138 Å². The number of nitrogens with zero attached hydrogens (tertiary/aromatic N) is 1. The topological polar surface area (TPSA) is 77.4 Å². The number of nitrogens with one attached hydrogen (secondary N) is 1. The van der Waals surface area contributed by atoms with Crippen LogP contribution in [0.1, 0.15) is 60.9 Å². The lowest BCUT2D eigenvalue weighted by Gasteiger charge is -2.22. The number of hydrogen-bond acceptors (Lipinski definition) is 4. The van der Waals surface area contributed by atoms with Crippen LogP contribution in [0.3, 0.4) is 0 Å². The molecule has 2 rings (SSSR count). The number of aromatic nitrogens is 1. The predicted octanol–water partition coefficient (Wildman–Crippen LogP) is 2.31. The molecule has 1 aliphatic heterocycles. The number of aryl methyl sites for hydroxylation is 1. The zero-order valence-electron chi connectivity index (χ0n) is 14.3. The van der Waals surface area contributed by atoms with E-state index in [-0.39, 0.29) is 17.9 Å². The smallest absolute Gasteiger partial charge is 0.266 e. The Morgan fingerprint density at radius 3 is 2.61 bits per heavy atom. The van der Waals surface area contributed by atoms with Crippen LogP contribution in [0.25, 0.3) is 0 Å². The van der Waals surface area contributed by atoms with Crippen LogP contribution in [-0.2, 0) is 14.8 Å². The van der Waals surface area contributed by atoms with Gasteiger partial charge in [-0.2, -0.15) is 0 Å². The van der Waals surface area contributed by atoms with Gasteiger partial charge in [-0.1, -0.05) is 0 Å². The van der Waals surface area contributed by atoms with Crippen molar-refractivity contribution < 1.29 is 17.9 Å².